The van der Waals surface area contributed by atoms with Crippen LogP contribution in [0.2, 0.25) is 0 Å². The van der Waals surface area contributed by atoms with Crippen molar-refractivity contribution in [2.75, 3.05) is 36.4 Å². The Bertz CT molecular complexity index is 1100. The number of piperazine rings is 1. The molecule has 0 radical (unpaired) electrons. The Balaban J connectivity index is 1.71. The van der Waals surface area contributed by atoms with Crippen LogP contribution in [0.1, 0.15) is 43.2 Å². The standard InChI is InChI=1S/C24H32ClN7OS/c1-7-16(5)22(18(25)8-2)30-23(33)19-14-26-24(34-19)29-20-13-21(28-17(6)27-20)32-11-9-31(10-12-32)15(3)4/h7-8,13-15H,1,9-12H2,2-6H3,(H,30,33)(H,26,27,28,29)/b18-8+,22-16+. The summed E-state index contributed by atoms with van der Waals surface area (Å²) in [6.45, 7) is 17.6. The van der Waals surface area contributed by atoms with Crippen LogP contribution in [-0.4, -0.2) is 58.0 Å². The van der Waals surface area contributed by atoms with Crippen molar-refractivity contribution in [3.05, 3.63) is 58.0 Å². The first-order valence-electron chi connectivity index (χ1n) is 11.3. The summed E-state index contributed by atoms with van der Waals surface area (Å²) < 4.78 is 0. The number of allylic oxidation sites excluding steroid dienone is 4. The van der Waals surface area contributed by atoms with Gasteiger partial charge in [-0.25, -0.2) is 15.0 Å². The summed E-state index contributed by atoms with van der Waals surface area (Å²) in [5.41, 5.74) is 1.30. The van der Waals surface area contributed by atoms with Crippen molar-refractivity contribution in [3.8, 4) is 0 Å². The molecule has 0 bridgehead atoms. The lowest BCUT2D eigenvalue weighted by Crippen LogP contribution is -2.49. The average Bonchev–Trinajstić information content (AvgIpc) is 3.29. The number of hydrogen-bond donors (Lipinski definition) is 2. The fourth-order valence-corrected chi connectivity index (χ4v) is 4.47. The van der Waals surface area contributed by atoms with Crippen LogP contribution in [0.25, 0.3) is 0 Å². The van der Waals surface area contributed by atoms with Crippen molar-refractivity contribution in [3.63, 3.8) is 0 Å². The molecular formula is C24H32ClN7OS. The lowest BCUT2D eigenvalue weighted by molar-refractivity contribution is 0.0970. The number of rotatable bonds is 8. The van der Waals surface area contributed by atoms with Crippen LogP contribution in [0.3, 0.4) is 0 Å². The Kier molecular flexibility index (Phi) is 8.82. The molecule has 0 aliphatic carbocycles. The third-order valence-corrected chi connectivity index (χ3v) is 6.91. The quantitative estimate of drug-likeness (QED) is 0.500. The molecule has 0 saturated carbocycles. The molecular weight excluding hydrogens is 470 g/mol. The predicted octanol–water partition coefficient (Wildman–Crippen LogP) is 4.85. The lowest BCUT2D eigenvalue weighted by atomic mass is 10.2. The normalized spacial score (nSPS) is 15.9. The van der Waals surface area contributed by atoms with E-state index in [-0.39, 0.29) is 5.91 Å². The molecule has 34 heavy (non-hydrogen) atoms. The second-order valence-corrected chi connectivity index (χ2v) is 9.72. The highest BCUT2D eigenvalue weighted by molar-refractivity contribution is 7.17. The number of anilines is 3. The van der Waals surface area contributed by atoms with Crippen LogP contribution in [0.5, 0.6) is 0 Å². The molecule has 1 fully saturated rings. The molecule has 2 N–H and O–H groups in total. The second kappa shape index (κ2) is 11.6. The van der Waals surface area contributed by atoms with Crippen LogP contribution in [-0.2, 0) is 0 Å². The maximum Gasteiger partial charge on any atom is 0.267 e. The molecule has 2 aromatic rings. The van der Waals surface area contributed by atoms with Gasteiger partial charge in [-0.05, 0) is 40.2 Å². The molecule has 1 aliphatic rings. The summed E-state index contributed by atoms with van der Waals surface area (Å²) in [6.07, 6.45) is 4.91. The largest absolute Gasteiger partial charge is 0.354 e. The first-order valence-corrected chi connectivity index (χ1v) is 12.5. The molecule has 1 saturated heterocycles. The zero-order valence-corrected chi connectivity index (χ0v) is 21.9. The fraction of sp³-hybridized carbons (Fsp3) is 0.417. The molecule has 10 heteroatoms. The molecule has 0 atom stereocenters. The Morgan fingerprint density at radius 1 is 1.26 bits per heavy atom. The minimum Gasteiger partial charge on any atom is -0.354 e. The predicted molar refractivity (Wildman–Crippen MR) is 141 cm³/mol. The van der Waals surface area contributed by atoms with E-state index in [1.165, 1.54) is 17.5 Å². The number of nitrogens with zero attached hydrogens (tertiary/aromatic N) is 5. The van der Waals surface area contributed by atoms with E-state index in [4.69, 9.17) is 11.6 Å². The van der Waals surface area contributed by atoms with E-state index in [1.54, 1.807) is 12.2 Å². The first-order chi connectivity index (χ1) is 16.2. The highest BCUT2D eigenvalue weighted by Crippen LogP contribution is 2.25. The van der Waals surface area contributed by atoms with Gasteiger partial charge in [-0.15, -0.1) is 0 Å². The van der Waals surface area contributed by atoms with E-state index < -0.39 is 0 Å². The van der Waals surface area contributed by atoms with Crippen LogP contribution >= 0.6 is 22.9 Å². The van der Waals surface area contributed by atoms with Gasteiger partial charge in [0, 0.05) is 38.3 Å². The van der Waals surface area contributed by atoms with Crippen molar-refractivity contribution >= 4 is 45.6 Å². The summed E-state index contributed by atoms with van der Waals surface area (Å²) in [4.78, 5) is 31.5. The number of halogens is 1. The molecule has 1 amide bonds. The van der Waals surface area contributed by atoms with E-state index >= 15 is 0 Å². The van der Waals surface area contributed by atoms with E-state index in [2.05, 4.69) is 55.8 Å². The van der Waals surface area contributed by atoms with Crippen molar-refractivity contribution in [1.82, 2.24) is 25.2 Å². The van der Waals surface area contributed by atoms with Crippen LogP contribution < -0.4 is 15.5 Å². The summed E-state index contributed by atoms with van der Waals surface area (Å²) in [7, 11) is 0. The minimum absolute atomic E-state index is 0.288. The molecule has 1 aliphatic heterocycles. The Hall–Kier alpha value is -2.75. The second-order valence-electron chi connectivity index (χ2n) is 8.28. The zero-order chi connectivity index (χ0) is 24.8. The third-order valence-electron chi connectivity index (χ3n) is 5.59. The van der Waals surface area contributed by atoms with Crippen LogP contribution in [0.4, 0.5) is 16.8 Å². The number of hydrogen-bond acceptors (Lipinski definition) is 8. The summed E-state index contributed by atoms with van der Waals surface area (Å²) in [6, 6.07) is 2.48. The van der Waals surface area contributed by atoms with Gasteiger partial charge in [0.1, 0.15) is 22.3 Å². The van der Waals surface area contributed by atoms with Gasteiger partial charge in [-0.3, -0.25) is 9.69 Å². The average molecular weight is 502 g/mol. The van der Waals surface area contributed by atoms with Crippen LogP contribution in [0.15, 0.2) is 47.3 Å². The summed E-state index contributed by atoms with van der Waals surface area (Å²) >= 11 is 7.50. The molecule has 182 valence electrons. The number of carbonyl (C=O) groups excluding carboxylic acids is 1. The lowest BCUT2D eigenvalue weighted by Gasteiger charge is -2.37. The van der Waals surface area contributed by atoms with Gasteiger partial charge in [-0.1, -0.05) is 41.7 Å². The highest BCUT2D eigenvalue weighted by atomic mass is 35.5. The number of aromatic nitrogens is 3. The SMILES string of the molecule is C=C/C(C)=C(NC(=O)c1cnc(Nc2cc(N3CCN(C(C)C)CC3)nc(C)n2)s1)\C(Cl)=C/C. The fourth-order valence-electron chi connectivity index (χ4n) is 3.56. The minimum atomic E-state index is -0.288. The smallest absolute Gasteiger partial charge is 0.267 e. The number of thiazole rings is 1. The number of nitrogens with one attached hydrogen (secondary N) is 2. The van der Waals surface area contributed by atoms with E-state index in [0.29, 0.717) is 38.4 Å². The maximum absolute atomic E-state index is 12.8. The Morgan fingerprint density at radius 2 is 1.97 bits per heavy atom. The molecule has 0 aromatic carbocycles. The molecule has 8 nitrogen and oxygen atoms in total. The maximum atomic E-state index is 12.8. The summed E-state index contributed by atoms with van der Waals surface area (Å²) in [5, 5.41) is 7.10. The van der Waals surface area contributed by atoms with Crippen molar-refractivity contribution in [2.24, 2.45) is 0 Å². The van der Waals surface area contributed by atoms with Gasteiger partial charge in [0.15, 0.2) is 5.13 Å². The zero-order valence-electron chi connectivity index (χ0n) is 20.4. The van der Waals surface area contributed by atoms with E-state index in [1.807, 2.05) is 26.8 Å². The Morgan fingerprint density at radius 3 is 2.59 bits per heavy atom. The molecule has 0 spiro atoms. The molecule has 3 heterocycles. The van der Waals surface area contributed by atoms with Crippen molar-refractivity contribution < 1.29 is 4.79 Å². The first kappa shape index (κ1) is 25.9. The van der Waals surface area contributed by atoms with Gasteiger partial charge in [-0.2, -0.15) is 0 Å². The molecule has 2 aromatic heterocycles. The van der Waals surface area contributed by atoms with Crippen molar-refractivity contribution in [2.45, 2.75) is 40.7 Å². The number of carbonyl (C=O) groups is 1. The third kappa shape index (κ3) is 6.43. The molecule has 3 rings (SSSR count). The van der Waals surface area contributed by atoms with E-state index in [0.717, 1.165) is 37.6 Å². The topological polar surface area (TPSA) is 86.3 Å². The Labute approximate surface area is 210 Å². The van der Waals surface area contributed by atoms with Gasteiger partial charge in [0.25, 0.3) is 5.91 Å². The van der Waals surface area contributed by atoms with Crippen molar-refractivity contribution in [1.29, 1.82) is 0 Å². The van der Waals surface area contributed by atoms with Gasteiger partial charge >= 0.3 is 0 Å². The summed E-state index contributed by atoms with van der Waals surface area (Å²) in [5.74, 6) is 1.93. The highest BCUT2D eigenvalue weighted by Gasteiger charge is 2.21. The van der Waals surface area contributed by atoms with Crippen LogP contribution in [0, 0.1) is 6.92 Å². The van der Waals surface area contributed by atoms with Gasteiger partial charge in [0.2, 0.25) is 0 Å². The number of aryl methyl sites for hydroxylation is 1. The van der Waals surface area contributed by atoms with Gasteiger partial charge in [0.05, 0.1) is 16.9 Å². The molecule has 0 unspecified atom stereocenters. The van der Waals surface area contributed by atoms with Gasteiger partial charge < -0.3 is 15.5 Å². The monoisotopic (exact) mass is 501 g/mol. The van der Waals surface area contributed by atoms with E-state index in [9.17, 15) is 4.79 Å². The number of amides is 1.